The predicted octanol–water partition coefficient (Wildman–Crippen LogP) is 12.3. The van der Waals surface area contributed by atoms with Gasteiger partial charge in [-0.1, -0.05) is 166 Å². The van der Waals surface area contributed by atoms with Crippen molar-refractivity contribution in [3.8, 4) is 0 Å². The van der Waals surface area contributed by atoms with Crippen molar-refractivity contribution in [2.24, 2.45) is 0 Å². The summed E-state index contributed by atoms with van der Waals surface area (Å²) in [7, 11) is -4.62. The van der Waals surface area contributed by atoms with Crippen molar-refractivity contribution < 1.29 is 47.8 Å². The Labute approximate surface area is 348 Å². The lowest BCUT2D eigenvalue weighted by molar-refractivity contribution is -0.161. The highest BCUT2D eigenvalue weighted by Gasteiger charge is 2.27. The van der Waals surface area contributed by atoms with Gasteiger partial charge >= 0.3 is 19.8 Å². The first-order valence-corrected chi connectivity index (χ1v) is 24.4. The molecule has 0 bridgehead atoms. The summed E-state index contributed by atoms with van der Waals surface area (Å²) in [5, 5.41) is 18.3. The molecule has 0 amide bonds. The molecule has 10 nitrogen and oxygen atoms in total. The van der Waals surface area contributed by atoms with Crippen LogP contribution < -0.4 is 0 Å². The van der Waals surface area contributed by atoms with Crippen molar-refractivity contribution in [3.05, 3.63) is 36.5 Å². The van der Waals surface area contributed by atoms with Gasteiger partial charge in [-0.15, -0.1) is 0 Å². The lowest BCUT2D eigenvalue weighted by atomic mass is 10.1. The van der Waals surface area contributed by atoms with Crippen LogP contribution in [0.3, 0.4) is 0 Å². The zero-order valence-corrected chi connectivity index (χ0v) is 37.2. The first-order valence-electron chi connectivity index (χ1n) is 22.9. The zero-order valence-electron chi connectivity index (χ0n) is 36.3. The van der Waals surface area contributed by atoms with E-state index in [9.17, 15) is 24.2 Å². The normalized spacial score (nSPS) is 14.1. The predicted molar refractivity (Wildman–Crippen MR) is 233 cm³/mol. The van der Waals surface area contributed by atoms with Crippen LogP contribution >= 0.6 is 7.82 Å². The molecule has 0 radical (unpaired) electrons. The van der Waals surface area contributed by atoms with E-state index in [2.05, 4.69) is 50.3 Å². The SMILES string of the molecule is CCCC/C=C/CCCCCCCCCCCC(=O)O[C@H](COC(=O)CCCCCCCCCCC/C=C/C/C=C/CCCCC)COP(=O)(O)OC[C@@H](O)CO. The van der Waals surface area contributed by atoms with Crippen LogP contribution in [0.15, 0.2) is 36.5 Å². The average Bonchev–Trinajstić information content (AvgIpc) is 3.20. The Morgan fingerprint density at radius 2 is 0.930 bits per heavy atom. The van der Waals surface area contributed by atoms with Gasteiger partial charge in [-0.25, -0.2) is 4.57 Å². The van der Waals surface area contributed by atoms with Crippen LogP contribution in [0.1, 0.15) is 206 Å². The number of hydrogen-bond donors (Lipinski definition) is 3. The molecule has 0 aromatic carbocycles. The molecular weight excluding hydrogens is 743 g/mol. The maximum atomic E-state index is 12.6. The van der Waals surface area contributed by atoms with Gasteiger partial charge in [0.2, 0.25) is 0 Å². The summed E-state index contributed by atoms with van der Waals surface area (Å²) in [5.74, 6) is -0.928. The highest BCUT2D eigenvalue weighted by atomic mass is 31.2. The molecule has 0 rings (SSSR count). The molecule has 3 atom stereocenters. The smallest absolute Gasteiger partial charge is 0.462 e. The van der Waals surface area contributed by atoms with E-state index in [1.165, 1.54) is 116 Å². The summed E-state index contributed by atoms with van der Waals surface area (Å²) in [6.45, 7) is 2.34. The summed E-state index contributed by atoms with van der Waals surface area (Å²) < 4.78 is 32.8. The molecule has 3 N–H and O–H groups in total. The second kappa shape index (κ2) is 42.3. The Morgan fingerprint density at radius 3 is 1.42 bits per heavy atom. The fourth-order valence-electron chi connectivity index (χ4n) is 6.18. The maximum Gasteiger partial charge on any atom is 0.472 e. The molecule has 0 aliphatic carbocycles. The molecule has 0 aliphatic heterocycles. The number of aliphatic hydroxyl groups excluding tert-OH is 2. The second-order valence-electron chi connectivity index (χ2n) is 15.4. The number of unbranched alkanes of at least 4 members (excludes halogenated alkanes) is 23. The molecule has 57 heavy (non-hydrogen) atoms. The Bertz CT molecular complexity index is 1050. The second-order valence-corrected chi connectivity index (χ2v) is 16.9. The molecule has 0 aromatic rings. The molecule has 11 heteroatoms. The molecule has 0 fully saturated rings. The average molecular weight is 829 g/mol. The van der Waals surface area contributed by atoms with Crippen molar-refractivity contribution in [1.82, 2.24) is 0 Å². The summed E-state index contributed by atoms with van der Waals surface area (Å²) in [5.41, 5.74) is 0. The number of carbonyl (C=O) groups is 2. The van der Waals surface area contributed by atoms with Crippen molar-refractivity contribution in [1.29, 1.82) is 0 Å². The van der Waals surface area contributed by atoms with E-state index in [-0.39, 0.29) is 19.4 Å². The highest BCUT2D eigenvalue weighted by Crippen LogP contribution is 2.43. The van der Waals surface area contributed by atoms with Crippen molar-refractivity contribution in [2.75, 3.05) is 26.4 Å². The fraction of sp³-hybridized carbons (Fsp3) is 0.826. The number of phosphoric ester groups is 1. The van der Waals surface area contributed by atoms with Crippen LogP contribution in [0, 0.1) is 0 Å². The van der Waals surface area contributed by atoms with Crippen LogP contribution in [-0.2, 0) is 32.7 Å². The molecule has 0 saturated heterocycles. The molecule has 334 valence electrons. The van der Waals surface area contributed by atoms with Gasteiger partial charge in [0.1, 0.15) is 12.7 Å². The third-order valence-electron chi connectivity index (χ3n) is 9.77. The Morgan fingerprint density at radius 1 is 0.526 bits per heavy atom. The van der Waals surface area contributed by atoms with Gasteiger partial charge in [0.05, 0.1) is 19.8 Å². The summed E-state index contributed by atoms with van der Waals surface area (Å²) in [6.07, 6.45) is 43.9. The maximum absolute atomic E-state index is 12.6. The number of phosphoric acid groups is 1. The van der Waals surface area contributed by atoms with E-state index < -0.39 is 51.8 Å². The van der Waals surface area contributed by atoms with Gasteiger partial charge in [-0.05, 0) is 64.2 Å². The van der Waals surface area contributed by atoms with Gasteiger partial charge in [0.25, 0.3) is 0 Å². The largest absolute Gasteiger partial charge is 0.472 e. The van der Waals surface area contributed by atoms with Crippen LogP contribution in [-0.4, -0.2) is 65.7 Å². The molecule has 0 spiro atoms. The fourth-order valence-corrected chi connectivity index (χ4v) is 6.97. The van der Waals surface area contributed by atoms with Gasteiger partial charge < -0.3 is 24.6 Å². The van der Waals surface area contributed by atoms with Gasteiger partial charge in [0, 0.05) is 12.8 Å². The third kappa shape index (κ3) is 42.1. The minimum absolute atomic E-state index is 0.181. The quantitative estimate of drug-likeness (QED) is 0.0235. The van der Waals surface area contributed by atoms with Gasteiger partial charge in [-0.2, -0.15) is 0 Å². The summed E-state index contributed by atoms with van der Waals surface area (Å²) >= 11 is 0. The molecule has 0 aromatic heterocycles. The van der Waals surface area contributed by atoms with Crippen molar-refractivity contribution in [3.63, 3.8) is 0 Å². The van der Waals surface area contributed by atoms with Crippen LogP contribution in [0.2, 0.25) is 0 Å². The standard InChI is InChI=1S/C46H85O10P/c1-3-5-7-9-11-13-15-17-19-20-21-22-24-25-27-29-31-33-35-37-45(49)53-41-44(42-55-57(51,52)54-40-43(48)39-47)56-46(50)38-36-34-32-30-28-26-23-18-16-14-12-10-8-6-4-2/h10-13,17,19,43-44,47-48H,3-9,14-16,18,20-42H2,1-2H3,(H,51,52)/b12-10+,13-11+,19-17+/t43-,44+/m0/s1. The van der Waals surface area contributed by atoms with Crippen molar-refractivity contribution in [2.45, 2.75) is 219 Å². The van der Waals surface area contributed by atoms with Crippen LogP contribution in [0.4, 0.5) is 0 Å². The third-order valence-corrected chi connectivity index (χ3v) is 10.7. The number of allylic oxidation sites excluding steroid dienone is 6. The highest BCUT2D eigenvalue weighted by molar-refractivity contribution is 7.47. The topological polar surface area (TPSA) is 149 Å². The van der Waals surface area contributed by atoms with E-state index >= 15 is 0 Å². The first-order chi connectivity index (χ1) is 27.7. The Balaban J connectivity index is 4.24. The Kier molecular flexibility index (Phi) is 41.0. The van der Waals surface area contributed by atoms with E-state index in [0.29, 0.717) is 12.8 Å². The van der Waals surface area contributed by atoms with Crippen LogP contribution in [0.5, 0.6) is 0 Å². The molecule has 0 heterocycles. The van der Waals surface area contributed by atoms with Crippen LogP contribution in [0.25, 0.3) is 0 Å². The summed E-state index contributed by atoms with van der Waals surface area (Å²) in [6, 6.07) is 0. The van der Waals surface area contributed by atoms with Gasteiger partial charge in [0.15, 0.2) is 6.10 Å². The zero-order chi connectivity index (χ0) is 41.9. The first kappa shape index (κ1) is 55.2. The summed E-state index contributed by atoms with van der Waals surface area (Å²) in [4.78, 5) is 35.0. The number of hydrogen-bond acceptors (Lipinski definition) is 9. The molecule has 0 aliphatic rings. The minimum atomic E-state index is -4.62. The van der Waals surface area contributed by atoms with E-state index in [1.54, 1.807) is 0 Å². The van der Waals surface area contributed by atoms with E-state index in [0.717, 1.165) is 51.4 Å². The van der Waals surface area contributed by atoms with Gasteiger partial charge in [-0.3, -0.25) is 18.6 Å². The van der Waals surface area contributed by atoms with E-state index in [1.807, 2.05) is 0 Å². The molecule has 0 saturated carbocycles. The number of aliphatic hydroxyl groups is 2. The minimum Gasteiger partial charge on any atom is -0.462 e. The van der Waals surface area contributed by atoms with Crippen molar-refractivity contribution >= 4 is 19.8 Å². The number of carbonyl (C=O) groups excluding carboxylic acids is 2. The molecular formula is C46H85O10P. The lowest BCUT2D eigenvalue weighted by Gasteiger charge is -2.20. The Hall–Kier alpha value is -1.81. The van der Waals surface area contributed by atoms with E-state index in [4.69, 9.17) is 23.6 Å². The number of ether oxygens (including phenoxy) is 2. The number of esters is 2. The lowest BCUT2D eigenvalue weighted by Crippen LogP contribution is -2.29. The monoisotopic (exact) mass is 829 g/mol. The molecule has 1 unspecified atom stereocenters. The number of rotatable bonds is 43.